The maximum absolute atomic E-state index is 8.63. The van der Waals surface area contributed by atoms with Crippen LogP contribution in [0.5, 0.6) is 0 Å². The summed E-state index contributed by atoms with van der Waals surface area (Å²) in [6, 6.07) is 10.4. The summed E-state index contributed by atoms with van der Waals surface area (Å²) in [4.78, 5) is 1.30. The average molecular weight is 207 g/mol. The van der Waals surface area contributed by atoms with Gasteiger partial charge in [-0.15, -0.1) is 11.8 Å². The van der Waals surface area contributed by atoms with Crippen LogP contribution in [0.4, 0.5) is 0 Å². The van der Waals surface area contributed by atoms with E-state index in [1.807, 2.05) is 17.8 Å². The van der Waals surface area contributed by atoms with E-state index in [2.05, 4.69) is 29.4 Å². The second-order valence-corrected chi connectivity index (χ2v) is 4.84. The third-order valence-electron chi connectivity index (χ3n) is 2.41. The Bertz CT molecular complexity index is 323. The van der Waals surface area contributed by atoms with Crippen LogP contribution in [0, 0.1) is 0 Å². The minimum absolute atomic E-state index is 0.586. The Kier molecular flexibility index (Phi) is 3.09. The molecule has 0 spiro atoms. The fourth-order valence-electron chi connectivity index (χ4n) is 1.68. The van der Waals surface area contributed by atoms with E-state index in [4.69, 9.17) is 5.21 Å². The van der Waals surface area contributed by atoms with Crippen LogP contribution < -0.4 is 0 Å². The summed E-state index contributed by atoms with van der Waals surface area (Å²) in [7, 11) is 0. The van der Waals surface area contributed by atoms with E-state index >= 15 is 0 Å². The lowest BCUT2D eigenvalue weighted by Gasteiger charge is -2.06. The Morgan fingerprint density at radius 3 is 2.71 bits per heavy atom. The highest BCUT2D eigenvalue weighted by Crippen LogP contribution is 2.33. The zero-order chi connectivity index (χ0) is 9.80. The molecule has 1 aromatic rings. The molecule has 1 atom stereocenters. The molecule has 1 aliphatic carbocycles. The second-order valence-electron chi connectivity index (χ2n) is 3.46. The predicted molar refractivity (Wildman–Crippen MR) is 59.2 cm³/mol. The highest BCUT2D eigenvalue weighted by Gasteiger charge is 2.21. The molecule has 3 heteroatoms. The maximum atomic E-state index is 8.63. The summed E-state index contributed by atoms with van der Waals surface area (Å²) in [5.74, 6) is 0. The highest BCUT2D eigenvalue weighted by molar-refractivity contribution is 8.00. The van der Waals surface area contributed by atoms with E-state index in [9.17, 15) is 0 Å². The van der Waals surface area contributed by atoms with Crippen molar-refractivity contribution in [1.29, 1.82) is 0 Å². The molecular formula is C11H13NOS. The summed E-state index contributed by atoms with van der Waals surface area (Å²) in [5.41, 5.74) is 0.943. The van der Waals surface area contributed by atoms with Gasteiger partial charge in [-0.3, -0.25) is 0 Å². The molecule has 1 fully saturated rings. The van der Waals surface area contributed by atoms with Gasteiger partial charge >= 0.3 is 0 Å². The third-order valence-corrected chi connectivity index (χ3v) is 3.69. The molecular weight excluding hydrogens is 194 g/mol. The number of rotatable bonds is 2. The van der Waals surface area contributed by atoms with Crippen molar-refractivity contribution in [2.75, 3.05) is 0 Å². The summed E-state index contributed by atoms with van der Waals surface area (Å²) in [6.45, 7) is 0. The van der Waals surface area contributed by atoms with Gasteiger partial charge in [-0.25, -0.2) is 0 Å². The molecule has 1 saturated carbocycles. The fraction of sp³-hybridized carbons (Fsp3) is 0.364. The fourth-order valence-corrected chi connectivity index (χ4v) is 2.89. The Morgan fingerprint density at radius 1 is 1.29 bits per heavy atom. The van der Waals surface area contributed by atoms with E-state index in [-0.39, 0.29) is 0 Å². The van der Waals surface area contributed by atoms with Crippen molar-refractivity contribution in [3.8, 4) is 0 Å². The van der Waals surface area contributed by atoms with Gasteiger partial charge in [0.25, 0.3) is 0 Å². The van der Waals surface area contributed by atoms with Gasteiger partial charge in [0, 0.05) is 16.6 Å². The van der Waals surface area contributed by atoms with Crippen molar-refractivity contribution in [2.24, 2.45) is 5.16 Å². The number of thioether (sulfide) groups is 1. The molecule has 0 heterocycles. The van der Waals surface area contributed by atoms with Crippen molar-refractivity contribution in [3.05, 3.63) is 30.3 Å². The molecule has 0 aromatic heterocycles. The first-order chi connectivity index (χ1) is 6.88. The van der Waals surface area contributed by atoms with E-state index in [1.165, 1.54) is 4.90 Å². The SMILES string of the molecule is ON=C1CCC(Sc2ccccc2)C1. The summed E-state index contributed by atoms with van der Waals surface area (Å²) in [5, 5.41) is 12.5. The lowest BCUT2D eigenvalue weighted by Crippen LogP contribution is -1.96. The van der Waals surface area contributed by atoms with E-state index < -0.39 is 0 Å². The minimum atomic E-state index is 0.586. The lowest BCUT2D eigenvalue weighted by atomic mass is 10.3. The van der Waals surface area contributed by atoms with Gasteiger partial charge in [0.2, 0.25) is 0 Å². The number of hydrogen-bond acceptors (Lipinski definition) is 3. The highest BCUT2D eigenvalue weighted by atomic mass is 32.2. The van der Waals surface area contributed by atoms with Gasteiger partial charge in [0.15, 0.2) is 0 Å². The molecule has 0 amide bonds. The molecule has 1 aliphatic rings. The van der Waals surface area contributed by atoms with Crippen LogP contribution in [0.25, 0.3) is 0 Å². The third kappa shape index (κ3) is 2.29. The summed E-state index contributed by atoms with van der Waals surface area (Å²) >= 11 is 1.88. The van der Waals surface area contributed by atoms with Gasteiger partial charge in [-0.2, -0.15) is 0 Å². The van der Waals surface area contributed by atoms with Crippen LogP contribution in [-0.4, -0.2) is 16.2 Å². The standard InChI is InChI=1S/C11H13NOS/c13-12-9-6-7-11(8-9)14-10-4-2-1-3-5-10/h1-5,11,13H,6-8H2. The van der Waals surface area contributed by atoms with Gasteiger partial charge < -0.3 is 5.21 Å². The molecule has 1 aromatic carbocycles. The van der Waals surface area contributed by atoms with Crippen molar-refractivity contribution in [3.63, 3.8) is 0 Å². The van der Waals surface area contributed by atoms with Crippen LogP contribution in [0.3, 0.4) is 0 Å². The van der Waals surface area contributed by atoms with Crippen molar-refractivity contribution in [2.45, 2.75) is 29.4 Å². The van der Waals surface area contributed by atoms with E-state index in [1.54, 1.807) is 0 Å². The molecule has 2 rings (SSSR count). The lowest BCUT2D eigenvalue weighted by molar-refractivity contribution is 0.317. The Morgan fingerprint density at radius 2 is 2.07 bits per heavy atom. The first-order valence-corrected chi connectivity index (χ1v) is 5.68. The number of hydrogen-bond donors (Lipinski definition) is 1. The van der Waals surface area contributed by atoms with Gasteiger partial charge in [0.05, 0.1) is 5.71 Å². The molecule has 14 heavy (non-hydrogen) atoms. The van der Waals surface area contributed by atoms with E-state index in [0.29, 0.717) is 5.25 Å². The predicted octanol–water partition coefficient (Wildman–Crippen LogP) is 3.16. The first kappa shape index (κ1) is 9.59. The zero-order valence-corrected chi connectivity index (χ0v) is 8.70. The largest absolute Gasteiger partial charge is 0.411 e. The number of benzene rings is 1. The van der Waals surface area contributed by atoms with Crippen molar-refractivity contribution in [1.82, 2.24) is 0 Å². The quantitative estimate of drug-likeness (QED) is 0.597. The van der Waals surface area contributed by atoms with Crippen LogP contribution >= 0.6 is 11.8 Å². The van der Waals surface area contributed by atoms with Gasteiger partial charge in [0.1, 0.15) is 0 Å². The topological polar surface area (TPSA) is 32.6 Å². The molecule has 1 N–H and O–H groups in total. The van der Waals surface area contributed by atoms with Crippen molar-refractivity contribution >= 4 is 17.5 Å². The number of nitrogens with zero attached hydrogens (tertiary/aromatic N) is 1. The molecule has 0 bridgehead atoms. The Labute approximate surface area is 88.0 Å². The van der Waals surface area contributed by atoms with Gasteiger partial charge in [-0.1, -0.05) is 23.4 Å². The average Bonchev–Trinajstić information content (AvgIpc) is 2.67. The van der Waals surface area contributed by atoms with Crippen LogP contribution in [0.15, 0.2) is 40.4 Å². The molecule has 0 aliphatic heterocycles. The molecule has 2 nitrogen and oxygen atoms in total. The zero-order valence-electron chi connectivity index (χ0n) is 7.89. The van der Waals surface area contributed by atoms with Crippen LogP contribution in [0.1, 0.15) is 19.3 Å². The van der Waals surface area contributed by atoms with Crippen LogP contribution in [0.2, 0.25) is 0 Å². The summed E-state index contributed by atoms with van der Waals surface area (Å²) < 4.78 is 0. The monoisotopic (exact) mass is 207 g/mol. The number of oxime groups is 1. The molecule has 74 valence electrons. The smallest absolute Gasteiger partial charge is 0.0582 e. The minimum Gasteiger partial charge on any atom is -0.411 e. The molecule has 1 unspecified atom stereocenters. The van der Waals surface area contributed by atoms with Crippen molar-refractivity contribution < 1.29 is 5.21 Å². The van der Waals surface area contributed by atoms with Crippen LogP contribution in [-0.2, 0) is 0 Å². The Hall–Kier alpha value is -0.960. The maximum Gasteiger partial charge on any atom is 0.0582 e. The van der Waals surface area contributed by atoms with Gasteiger partial charge in [-0.05, 0) is 25.0 Å². The molecule has 0 radical (unpaired) electrons. The normalized spacial score (nSPS) is 24.3. The molecule has 0 saturated heterocycles. The second kappa shape index (κ2) is 4.51. The first-order valence-electron chi connectivity index (χ1n) is 4.80. The van der Waals surface area contributed by atoms with E-state index in [0.717, 1.165) is 25.0 Å². The summed E-state index contributed by atoms with van der Waals surface area (Å²) in [6.07, 6.45) is 3.00. The Balaban J connectivity index is 1.94.